The molecule has 0 aliphatic heterocycles. The van der Waals surface area contributed by atoms with Crippen LogP contribution in [0.2, 0.25) is 0 Å². The second-order valence-electron chi connectivity index (χ2n) is 5.98. The molecule has 0 aliphatic carbocycles. The van der Waals surface area contributed by atoms with Gasteiger partial charge in [-0.2, -0.15) is 0 Å². The third kappa shape index (κ3) is 4.67. The highest BCUT2D eigenvalue weighted by molar-refractivity contribution is 5.94. The Morgan fingerprint density at radius 1 is 1.08 bits per heavy atom. The summed E-state index contributed by atoms with van der Waals surface area (Å²) in [4.78, 5) is 14.7. The zero-order chi connectivity index (χ0) is 19.1. The predicted molar refractivity (Wildman–Crippen MR) is 98.9 cm³/mol. The van der Waals surface area contributed by atoms with E-state index in [2.05, 4.69) is 0 Å². The molecular weight excluding hydrogens is 334 g/mol. The molecule has 0 radical (unpaired) electrons. The molecule has 0 fully saturated rings. The van der Waals surface area contributed by atoms with Gasteiger partial charge in [-0.15, -0.1) is 0 Å². The van der Waals surface area contributed by atoms with E-state index in [1.807, 2.05) is 25.1 Å². The van der Waals surface area contributed by atoms with Gasteiger partial charge in [0.1, 0.15) is 5.75 Å². The number of hydrogen-bond acceptors (Lipinski definition) is 5. The molecule has 0 bridgehead atoms. The SMILES string of the molecule is COCC(C)N(Cc1ccc(OC)c(OC)c1)C(=O)c1cccc(O)c1. The van der Waals surface area contributed by atoms with Gasteiger partial charge in [0.2, 0.25) is 0 Å². The Bertz CT molecular complexity index is 747. The van der Waals surface area contributed by atoms with Crippen LogP contribution in [0.4, 0.5) is 0 Å². The van der Waals surface area contributed by atoms with E-state index in [9.17, 15) is 9.90 Å². The number of nitrogens with zero attached hydrogens (tertiary/aromatic N) is 1. The third-order valence-electron chi connectivity index (χ3n) is 4.09. The summed E-state index contributed by atoms with van der Waals surface area (Å²) in [6, 6.07) is 11.7. The van der Waals surface area contributed by atoms with Crippen molar-refractivity contribution in [3.63, 3.8) is 0 Å². The molecule has 2 rings (SSSR count). The number of rotatable bonds is 8. The van der Waals surface area contributed by atoms with Crippen molar-refractivity contribution >= 4 is 5.91 Å². The summed E-state index contributed by atoms with van der Waals surface area (Å²) >= 11 is 0. The number of ether oxygens (including phenoxy) is 3. The van der Waals surface area contributed by atoms with Crippen LogP contribution in [0.15, 0.2) is 42.5 Å². The van der Waals surface area contributed by atoms with Gasteiger partial charge in [-0.3, -0.25) is 4.79 Å². The number of carbonyl (C=O) groups is 1. The summed E-state index contributed by atoms with van der Waals surface area (Å²) in [5.74, 6) is 1.11. The number of benzene rings is 2. The summed E-state index contributed by atoms with van der Waals surface area (Å²) in [6.45, 7) is 2.70. The summed E-state index contributed by atoms with van der Waals surface area (Å²) in [7, 11) is 4.75. The normalized spacial score (nSPS) is 11.7. The van der Waals surface area contributed by atoms with Crippen LogP contribution in [0, 0.1) is 0 Å². The minimum Gasteiger partial charge on any atom is -0.508 e. The molecule has 0 saturated carbocycles. The largest absolute Gasteiger partial charge is 0.508 e. The molecule has 2 aromatic carbocycles. The lowest BCUT2D eigenvalue weighted by molar-refractivity contribution is 0.0541. The fourth-order valence-electron chi connectivity index (χ4n) is 2.74. The monoisotopic (exact) mass is 359 g/mol. The van der Waals surface area contributed by atoms with Crippen molar-refractivity contribution in [1.29, 1.82) is 0 Å². The Morgan fingerprint density at radius 3 is 2.42 bits per heavy atom. The predicted octanol–water partition coefficient (Wildman–Crippen LogP) is 3.09. The molecule has 1 amide bonds. The Hall–Kier alpha value is -2.73. The molecule has 140 valence electrons. The molecular formula is C20H25NO5. The maximum Gasteiger partial charge on any atom is 0.254 e. The molecule has 0 aliphatic rings. The molecule has 0 heterocycles. The van der Waals surface area contributed by atoms with Crippen LogP contribution in [-0.2, 0) is 11.3 Å². The zero-order valence-corrected chi connectivity index (χ0v) is 15.6. The fourth-order valence-corrected chi connectivity index (χ4v) is 2.74. The van der Waals surface area contributed by atoms with Crippen LogP contribution in [0.5, 0.6) is 17.2 Å². The smallest absolute Gasteiger partial charge is 0.254 e. The van der Waals surface area contributed by atoms with Gasteiger partial charge in [0.05, 0.1) is 26.9 Å². The third-order valence-corrected chi connectivity index (χ3v) is 4.09. The van der Waals surface area contributed by atoms with E-state index in [-0.39, 0.29) is 17.7 Å². The van der Waals surface area contributed by atoms with Crippen LogP contribution < -0.4 is 9.47 Å². The number of aromatic hydroxyl groups is 1. The quantitative estimate of drug-likeness (QED) is 0.784. The van der Waals surface area contributed by atoms with Crippen LogP contribution in [0.25, 0.3) is 0 Å². The molecule has 1 atom stereocenters. The van der Waals surface area contributed by atoms with Crippen LogP contribution in [0.1, 0.15) is 22.8 Å². The van der Waals surface area contributed by atoms with E-state index in [1.165, 1.54) is 12.1 Å². The van der Waals surface area contributed by atoms with Gasteiger partial charge < -0.3 is 24.2 Å². The lowest BCUT2D eigenvalue weighted by atomic mass is 10.1. The van der Waals surface area contributed by atoms with Crippen LogP contribution in [0.3, 0.4) is 0 Å². The molecule has 0 spiro atoms. The Balaban J connectivity index is 2.32. The van der Waals surface area contributed by atoms with E-state index in [1.54, 1.807) is 38.4 Å². The van der Waals surface area contributed by atoms with Gasteiger partial charge in [-0.05, 0) is 42.8 Å². The van der Waals surface area contributed by atoms with E-state index in [0.717, 1.165) is 5.56 Å². The Labute approximate surface area is 153 Å². The summed E-state index contributed by atoms with van der Waals surface area (Å²) in [5, 5.41) is 9.68. The fraction of sp³-hybridized carbons (Fsp3) is 0.350. The number of phenolic OH excluding ortho intramolecular Hbond substituents is 1. The minimum atomic E-state index is -0.180. The highest BCUT2D eigenvalue weighted by atomic mass is 16.5. The minimum absolute atomic E-state index is 0.0568. The van der Waals surface area contributed by atoms with Crippen LogP contribution >= 0.6 is 0 Å². The molecule has 1 N–H and O–H groups in total. The standard InChI is InChI=1S/C20H25NO5/c1-14(13-24-2)21(20(23)16-6-5-7-17(22)11-16)12-15-8-9-18(25-3)19(10-15)26-4/h5-11,14,22H,12-13H2,1-4H3. The van der Waals surface area contributed by atoms with E-state index < -0.39 is 0 Å². The highest BCUT2D eigenvalue weighted by Gasteiger charge is 2.22. The van der Waals surface area contributed by atoms with Crippen LogP contribution in [-0.4, -0.2) is 49.9 Å². The summed E-state index contributed by atoms with van der Waals surface area (Å²) < 4.78 is 15.8. The average molecular weight is 359 g/mol. The lowest BCUT2D eigenvalue weighted by Gasteiger charge is -2.29. The van der Waals surface area contributed by atoms with Crippen molar-refractivity contribution in [3.8, 4) is 17.2 Å². The van der Waals surface area contributed by atoms with Gasteiger partial charge in [-0.1, -0.05) is 12.1 Å². The van der Waals surface area contributed by atoms with Crippen molar-refractivity contribution in [2.75, 3.05) is 27.9 Å². The first kappa shape index (κ1) is 19.6. The molecule has 0 saturated heterocycles. The Morgan fingerprint density at radius 2 is 1.81 bits per heavy atom. The molecule has 26 heavy (non-hydrogen) atoms. The van der Waals surface area contributed by atoms with Gasteiger partial charge in [-0.25, -0.2) is 0 Å². The molecule has 6 nitrogen and oxygen atoms in total. The highest BCUT2D eigenvalue weighted by Crippen LogP contribution is 2.28. The molecule has 1 unspecified atom stereocenters. The first-order chi connectivity index (χ1) is 12.5. The van der Waals surface area contributed by atoms with E-state index in [4.69, 9.17) is 14.2 Å². The first-order valence-corrected chi connectivity index (χ1v) is 8.30. The van der Waals surface area contributed by atoms with Gasteiger partial charge in [0.25, 0.3) is 5.91 Å². The average Bonchev–Trinajstić information content (AvgIpc) is 2.65. The number of hydrogen-bond donors (Lipinski definition) is 1. The van der Waals surface area contributed by atoms with Gasteiger partial charge in [0, 0.05) is 19.2 Å². The lowest BCUT2D eigenvalue weighted by Crippen LogP contribution is -2.40. The molecule has 6 heteroatoms. The maximum atomic E-state index is 13.0. The molecule has 0 aromatic heterocycles. The number of methoxy groups -OCH3 is 3. The number of amides is 1. The van der Waals surface area contributed by atoms with Crippen molar-refractivity contribution in [1.82, 2.24) is 4.90 Å². The second-order valence-corrected chi connectivity index (χ2v) is 5.98. The number of carbonyl (C=O) groups excluding carboxylic acids is 1. The number of phenols is 1. The molecule has 2 aromatic rings. The van der Waals surface area contributed by atoms with Gasteiger partial charge in [0.15, 0.2) is 11.5 Å². The van der Waals surface area contributed by atoms with Crippen molar-refractivity contribution in [3.05, 3.63) is 53.6 Å². The van der Waals surface area contributed by atoms with E-state index >= 15 is 0 Å². The van der Waals surface area contributed by atoms with Crippen molar-refractivity contribution in [2.45, 2.75) is 19.5 Å². The first-order valence-electron chi connectivity index (χ1n) is 8.30. The van der Waals surface area contributed by atoms with Crippen molar-refractivity contribution in [2.24, 2.45) is 0 Å². The summed E-state index contributed by atoms with van der Waals surface area (Å²) in [6.07, 6.45) is 0. The van der Waals surface area contributed by atoms with E-state index in [0.29, 0.717) is 30.2 Å². The second kappa shape index (κ2) is 9.10. The topological polar surface area (TPSA) is 68.2 Å². The maximum absolute atomic E-state index is 13.0. The van der Waals surface area contributed by atoms with Gasteiger partial charge >= 0.3 is 0 Å². The Kier molecular flexibility index (Phi) is 6.86. The summed E-state index contributed by atoms with van der Waals surface area (Å²) in [5.41, 5.74) is 1.33. The zero-order valence-electron chi connectivity index (χ0n) is 15.6. The van der Waals surface area contributed by atoms with Crippen molar-refractivity contribution < 1.29 is 24.1 Å².